The number of hydrogen-bond acceptors (Lipinski definition) is 5. The Kier molecular flexibility index (Phi) is 3.60. The molecule has 0 atom stereocenters. The van der Waals surface area contributed by atoms with E-state index in [0.717, 1.165) is 6.42 Å². The molecule has 1 aliphatic heterocycles. The van der Waals surface area contributed by atoms with Crippen molar-refractivity contribution in [2.75, 3.05) is 16.6 Å². The molecule has 0 aliphatic carbocycles. The molecule has 0 unspecified atom stereocenters. The number of carbonyl (C=O) groups excluding carboxylic acids is 1. The van der Waals surface area contributed by atoms with Crippen LogP contribution in [-0.4, -0.2) is 36.5 Å². The number of sulfonamides is 1. The second-order valence-electron chi connectivity index (χ2n) is 5.46. The summed E-state index contributed by atoms with van der Waals surface area (Å²) in [5, 5.41) is 0.662. The van der Waals surface area contributed by atoms with E-state index in [0.29, 0.717) is 35.2 Å². The van der Waals surface area contributed by atoms with E-state index in [2.05, 4.69) is 9.97 Å². The van der Waals surface area contributed by atoms with Crippen molar-refractivity contribution < 1.29 is 13.2 Å². The van der Waals surface area contributed by atoms with Gasteiger partial charge in [-0.2, -0.15) is 0 Å². The monoisotopic (exact) mass is 319 g/mol. The number of hydrogen-bond donors (Lipinski definition) is 0. The van der Waals surface area contributed by atoms with Crippen LogP contribution >= 0.6 is 0 Å². The Morgan fingerprint density at radius 1 is 1.32 bits per heavy atom. The molecule has 6 nitrogen and oxygen atoms in total. The quantitative estimate of drug-likeness (QED) is 0.792. The molecule has 0 amide bonds. The topological polar surface area (TPSA) is 80.2 Å². The fourth-order valence-electron chi connectivity index (χ4n) is 2.81. The van der Waals surface area contributed by atoms with Crippen molar-refractivity contribution in [2.45, 2.75) is 26.7 Å². The Labute approximate surface area is 129 Å². The zero-order chi connectivity index (χ0) is 15.9. The molecule has 116 valence electrons. The van der Waals surface area contributed by atoms with Crippen molar-refractivity contribution in [2.24, 2.45) is 0 Å². The molecule has 22 heavy (non-hydrogen) atoms. The lowest BCUT2D eigenvalue weighted by molar-refractivity contribution is 0.101. The van der Waals surface area contributed by atoms with Crippen LogP contribution in [0.1, 0.15) is 35.8 Å². The molecule has 0 saturated carbocycles. The van der Waals surface area contributed by atoms with Gasteiger partial charge in [-0.05, 0) is 31.9 Å². The molecular weight excluding hydrogens is 302 g/mol. The van der Waals surface area contributed by atoms with E-state index in [-0.39, 0.29) is 17.2 Å². The predicted molar refractivity (Wildman–Crippen MR) is 84.6 cm³/mol. The van der Waals surface area contributed by atoms with Gasteiger partial charge in [0.1, 0.15) is 5.69 Å². The van der Waals surface area contributed by atoms with Crippen LogP contribution < -0.4 is 4.31 Å². The minimum absolute atomic E-state index is 0.111. The van der Waals surface area contributed by atoms with E-state index in [1.165, 1.54) is 11.2 Å². The number of pyridine rings is 2. The average Bonchev–Trinajstić information content (AvgIpc) is 2.48. The normalized spacial score (nSPS) is 17.6. The second-order valence-corrected chi connectivity index (χ2v) is 7.47. The number of ketones is 1. The molecule has 0 radical (unpaired) electrons. The summed E-state index contributed by atoms with van der Waals surface area (Å²) in [4.78, 5) is 20.5. The Morgan fingerprint density at radius 3 is 2.77 bits per heavy atom. The van der Waals surface area contributed by atoms with Crippen molar-refractivity contribution in [3.8, 4) is 0 Å². The standard InChI is InChI=1S/C15H17N3O3S/c1-10-13(11(2)19)17-15(12-6-5-7-16-14(10)12)18-8-3-4-9-22(18,20)21/h5-7H,3-4,8-9H2,1-2H3. The third-order valence-corrected chi connectivity index (χ3v) is 5.73. The first kappa shape index (κ1) is 14.9. The van der Waals surface area contributed by atoms with Gasteiger partial charge >= 0.3 is 0 Å². The fraction of sp³-hybridized carbons (Fsp3) is 0.400. The van der Waals surface area contributed by atoms with E-state index < -0.39 is 10.0 Å². The molecule has 0 aromatic carbocycles. The lowest BCUT2D eigenvalue weighted by Gasteiger charge is -2.28. The molecule has 2 aromatic heterocycles. The van der Waals surface area contributed by atoms with Crippen molar-refractivity contribution in [1.29, 1.82) is 0 Å². The van der Waals surface area contributed by atoms with Crippen molar-refractivity contribution in [3.05, 3.63) is 29.6 Å². The Morgan fingerprint density at radius 2 is 2.09 bits per heavy atom. The maximum atomic E-state index is 12.4. The third-order valence-electron chi connectivity index (χ3n) is 3.90. The summed E-state index contributed by atoms with van der Waals surface area (Å²) in [5.41, 5.74) is 1.58. The van der Waals surface area contributed by atoms with Crippen LogP contribution in [0.3, 0.4) is 0 Å². The molecule has 2 aromatic rings. The van der Waals surface area contributed by atoms with Gasteiger partial charge in [0.15, 0.2) is 11.6 Å². The van der Waals surface area contributed by atoms with Gasteiger partial charge in [-0.15, -0.1) is 0 Å². The van der Waals surface area contributed by atoms with Crippen LogP contribution in [0.15, 0.2) is 18.3 Å². The van der Waals surface area contributed by atoms with Gasteiger partial charge in [0.05, 0.1) is 11.3 Å². The first-order chi connectivity index (χ1) is 10.4. The van der Waals surface area contributed by atoms with Crippen LogP contribution in [0.4, 0.5) is 5.82 Å². The predicted octanol–water partition coefficient (Wildman–Crippen LogP) is 2.07. The minimum atomic E-state index is -3.39. The molecular formula is C15H17N3O3S. The summed E-state index contributed by atoms with van der Waals surface area (Å²) in [7, 11) is -3.39. The third kappa shape index (κ3) is 2.35. The van der Waals surface area contributed by atoms with E-state index in [1.54, 1.807) is 25.3 Å². The van der Waals surface area contributed by atoms with Gasteiger partial charge < -0.3 is 0 Å². The zero-order valence-corrected chi connectivity index (χ0v) is 13.4. The number of fused-ring (bicyclic) bond motifs is 1. The van der Waals surface area contributed by atoms with Gasteiger partial charge in [0.25, 0.3) is 0 Å². The number of aryl methyl sites for hydroxylation is 1. The minimum Gasteiger partial charge on any atom is -0.293 e. The Balaban J connectivity index is 2.33. The maximum Gasteiger partial charge on any atom is 0.236 e. The first-order valence-corrected chi connectivity index (χ1v) is 8.79. The number of nitrogens with zero attached hydrogens (tertiary/aromatic N) is 3. The van der Waals surface area contributed by atoms with Crippen molar-refractivity contribution in [1.82, 2.24) is 9.97 Å². The van der Waals surface area contributed by atoms with Crippen molar-refractivity contribution in [3.63, 3.8) is 0 Å². The summed E-state index contributed by atoms with van der Waals surface area (Å²) >= 11 is 0. The van der Waals surface area contributed by atoms with Crippen LogP contribution in [-0.2, 0) is 10.0 Å². The van der Waals surface area contributed by atoms with Crippen LogP contribution in [0.5, 0.6) is 0 Å². The number of Topliss-reactive ketones (excluding diaryl/α,β-unsaturated/α-hetero) is 1. The highest BCUT2D eigenvalue weighted by Crippen LogP contribution is 2.31. The molecule has 1 aliphatic rings. The van der Waals surface area contributed by atoms with E-state index in [4.69, 9.17) is 0 Å². The highest BCUT2D eigenvalue weighted by atomic mass is 32.2. The molecule has 3 rings (SSSR count). The lowest BCUT2D eigenvalue weighted by Crippen LogP contribution is -2.38. The second kappa shape index (κ2) is 5.31. The smallest absolute Gasteiger partial charge is 0.236 e. The summed E-state index contributed by atoms with van der Waals surface area (Å²) in [5.74, 6) is 0.235. The summed E-state index contributed by atoms with van der Waals surface area (Å²) < 4.78 is 26.1. The summed E-state index contributed by atoms with van der Waals surface area (Å²) in [6, 6.07) is 3.54. The highest BCUT2D eigenvalue weighted by Gasteiger charge is 2.29. The number of anilines is 1. The van der Waals surface area contributed by atoms with Crippen LogP contribution in [0, 0.1) is 6.92 Å². The van der Waals surface area contributed by atoms with E-state index >= 15 is 0 Å². The van der Waals surface area contributed by atoms with E-state index in [1.807, 2.05) is 0 Å². The Bertz CT molecular complexity index is 862. The molecule has 0 spiro atoms. The molecule has 3 heterocycles. The average molecular weight is 319 g/mol. The van der Waals surface area contributed by atoms with Crippen molar-refractivity contribution >= 4 is 32.5 Å². The maximum absolute atomic E-state index is 12.4. The lowest BCUT2D eigenvalue weighted by atomic mass is 10.1. The van der Waals surface area contributed by atoms with Gasteiger partial charge in [0.2, 0.25) is 10.0 Å². The zero-order valence-electron chi connectivity index (χ0n) is 12.5. The van der Waals surface area contributed by atoms with Gasteiger partial charge in [-0.25, -0.2) is 13.4 Å². The van der Waals surface area contributed by atoms with Crippen LogP contribution in [0.2, 0.25) is 0 Å². The summed E-state index contributed by atoms with van der Waals surface area (Å²) in [6.07, 6.45) is 3.07. The van der Waals surface area contributed by atoms with Gasteiger partial charge in [0, 0.05) is 30.6 Å². The number of rotatable bonds is 2. The molecule has 0 N–H and O–H groups in total. The number of aromatic nitrogens is 2. The SMILES string of the molecule is CC(=O)c1nc(N2CCCCS2(=O)=O)c2cccnc2c1C. The molecule has 1 saturated heterocycles. The largest absolute Gasteiger partial charge is 0.293 e. The fourth-order valence-corrected chi connectivity index (χ4v) is 4.41. The highest BCUT2D eigenvalue weighted by molar-refractivity contribution is 7.92. The van der Waals surface area contributed by atoms with Crippen LogP contribution in [0.25, 0.3) is 10.9 Å². The first-order valence-electron chi connectivity index (χ1n) is 7.18. The van der Waals surface area contributed by atoms with Gasteiger partial charge in [-0.3, -0.25) is 14.1 Å². The number of carbonyl (C=O) groups is 1. The Hall–Kier alpha value is -2.02. The molecule has 1 fully saturated rings. The molecule has 0 bridgehead atoms. The van der Waals surface area contributed by atoms with E-state index in [9.17, 15) is 13.2 Å². The van der Waals surface area contributed by atoms with Gasteiger partial charge in [-0.1, -0.05) is 0 Å². The molecule has 7 heteroatoms. The summed E-state index contributed by atoms with van der Waals surface area (Å²) in [6.45, 7) is 3.60.